The minimum Gasteiger partial charge on any atom is -0.496 e. The third-order valence-corrected chi connectivity index (χ3v) is 7.14. The number of benzene rings is 1. The number of halogens is 1. The Kier molecular flexibility index (Phi) is 6.50. The topological polar surface area (TPSA) is 45.7 Å². The van der Waals surface area contributed by atoms with Crippen molar-refractivity contribution in [1.29, 1.82) is 0 Å². The van der Waals surface area contributed by atoms with E-state index in [9.17, 15) is 4.79 Å². The molecule has 3 heterocycles. The lowest BCUT2D eigenvalue weighted by Gasteiger charge is -2.35. The van der Waals surface area contributed by atoms with E-state index in [0.717, 1.165) is 59.6 Å². The van der Waals surface area contributed by atoms with Crippen molar-refractivity contribution >= 4 is 40.2 Å². The van der Waals surface area contributed by atoms with Gasteiger partial charge in [0.25, 0.3) is 0 Å². The van der Waals surface area contributed by atoms with Crippen molar-refractivity contribution in [3.05, 3.63) is 57.4 Å². The molecule has 1 aliphatic heterocycles. The number of aromatic nitrogens is 1. The van der Waals surface area contributed by atoms with Crippen molar-refractivity contribution in [2.45, 2.75) is 13.0 Å². The molecule has 29 heavy (non-hydrogen) atoms. The average molecular weight is 448 g/mol. The second-order valence-corrected chi connectivity index (χ2v) is 9.15. The summed E-state index contributed by atoms with van der Waals surface area (Å²) >= 11 is 9.41. The van der Waals surface area contributed by atoms with Gasteiger partial charge in [0.15, 0.2) is 0 Å². The monoisotopic (exact) mass is 447 g/mol. The maximum absolute atomic E-state index is 12.7. The molecule has 0 radical (unpaired) electrons. The Morgan fingerprint density at radius 1 is 1.21 bits per heavy atom. The fourth-order valence-electron chi connectivity index (χ4n) is 3.44. The standard InChI is InChI=1S/C21H22ClN3O2S2/c1-27-18-5-4-16(22)11-15(18)13-24-6-8-25(9-7-24)20(26)12-17-14-29-21(23-17)19-3-2-10-28-19/h2-5,10-11,14H,6-9,12-13H2,1H3. The number of ether oxygens (including phenoxy) is 1. The highest BCUT2D eigenvalue weighted by Gasteiger charge is 2.23. The van der Waals surface area contributed by atoms with Crippen molar-refractivity contribution in [3.63, 3.8) is 0 Å². The number of hydrogen-bond donors (Lipinski definition) is 0. The summed E-state index contributed by atoms with van der Waals surface area (Å²) in [6.45, 7) is 3.88. The molecule has 0 N–H and O–H groups in total. The number of thiazole rings is 1. The molecule has 0 unspecified atom stereocenters. The SMILES string of the molecule is COc1ccc(Cl)cc1CN1CCN(C(=O)Cc2csc(-c3cccs3)n2)CC1. The van der Waals surface area contributed by atoms with Gasteiger partial charge in [-0.15, -0.1) is 22.7 Å². The molecule has 0 atom stereocenters. The molecule has 0 saturated carbocycles. The van der Waals surface area contributed by atoms with Crippen molar-refractivity contribution in [2.75, 3.05) is 33.3 Å². The average Bonchev–Trinajstić information content (AvgIpc) is 3.40. The fraction of sp³-hybridized carbons (Fsp3) is 0.333. The normalized spacial score (nSPS) is 14.9. The minimum atomic E-state index is 0.146. The minimum absolute atomic E-state index is 0.146. The molecule has 0 aliphatic carbocycles. The third-order valence-electron chi connectivity index (χ3n) is 4.98. The second-order valence-electron chi connectivity index (χ2n) is 6.91. The third kappa shape index (κ3) is 4.98. The van der Waals surface area contributed by atoms with E-state index < -0.39 is 0 Å². The van der Waals surface area contributed by atoms with E-state index in [2.05, 4.69) is 16.0 Å². The number of rotatable bonds is 6. The molecule has 4 rings (SSSR count). The van der Waals surface area contributed by atoms with E-state index in [1.807, 2.05) is 39.9 Å². The highest BCUT2D eigenvalue weighted by atomic mass is 35.5. The van der Waals surface area contributed by atoms with E-state index >= 15 is 0 Å². The second kappa shape index (κ2) is 9.26. The number of carbonyl (C=O) groups is 1. The van der Waals surface area contributed by atoms with Crippen molar-refractivity contribution in [2.24, 2.45) is 0 Å². The predicted octanol–water partition coefficient (Wildman–Crippen LogP) is 4.42. The molecule has 1 aliphatic rings. The summed E-state index contributed by atoms with van der Waals surface area (Å²) in [5, 5.41) is 5.73. The lowest BCUT2D eigenvalue weighted by Crippen LogP contribution is -2.48. The summed E-state index contributed by atoms with van der Waals surface area (Å²) in [5.41, 5.74) is 1.93. The summed E-state index contributed by atoms with van der Waals surface area (Å²) in [7, 11) is 1.67. The molecule has 0 bridgehead atoms. The molecule has 3 aromatic rings. The number of amides is 1. The first-order chi connectivity index (χ1) is 14.1. The van der Waals surface area contributed by atoms with E-state index in [1.165, 1.54) is 0 Å². The number of carbonyl (C=O) groups excluding carboxylic acids is 1. The van der Waals surface area contributed by atoms with Crippen LogP contribution in [0.15, 0.2) is 41.1 Å². The molecule has 152 valence electrons. The first-order valence-corrected chi connectivity index (χ1v) is 11.6. The zero-order valence-corrected chi connectivity index (χ0v) is 18.5. The van der Waals surface area contributed by atoms with Gasteiger partial charge in [0, 0.05) is 48.7 Å². The van der Waals surface area contributed by atoms with Gasteiger partial charge in [-0.3, -0.25) is 9.69 Å². The Balaban J connectivity index is 1.30. The molecular weight excluding hydrogens is 426 g/mol. The van der Waals surface area contributed by atoms with Crippen LogP contribution < -0.4 is 4.74 Å². The maximum atomic E-state index is 12.7. The van der Waals surface area contributed by atoms with E-state index in [0.29, 0.717) is 11.4 Å². The van der Waals surface area contributed by atoms with E-state index in [4.69, 9.17) is 16.3 Å². The summed E-state index contributed by atoms with van der Waals surface area (Å²) < 4.78 is 5.44. The Morgan fingerprint density at radius 3 is 2.76 bits per heavy atom. The number of methoxy groups -OCH3 is 1. The number of hydrogen-bond acceptors (Lipinski definition) is 6. The van der Waals surface area contributed by atoms with Crippen LogP contribution in [0.4, 0.5) is 0 Å². The van der Waals surface area contributed by atoms with Gasteiger partial charge in [-0.25, -0.2) is 4.98 Å². The first kappa shape index (κ1) is 20.3. The molecule has 2 aromatic heterocycles. The van der Waals surface area contributed by atoms with Crippen LogP contribution in [-0.4, -0.2) is 54.0 Å². The summed E-state index contributed by atoms with van der Waals surface area (Å²) in [6, 6.07) is 9.76. The van der Waals surface area contributed by atoms with Crippen LogP contribution in [0.2, 0.25) is 5.02 Å². The van der Waals surface area contributed by atoms with E-state index in [1.54, 1.807) is 29.8 Å². The van der Waals surface area contributed by atoms with Crippen molar-refractivity contribution in [1.82, 2.24) is 14.8 Å². The summed E-state index contributed by atoms with van der Waals surface area (Å²) in [4.78, 5) is 22.8. The Hall–Kier alpha value is -1.93. The zero-order chi connectivity index (χ0) is 20.2. The van der Waals surface area contributed by atoms with Gasteiger partial charge in [-0.1, -0.05) is 17.7 Å². The highest BCUT2D eigenvalue weighted by Crippen LogP contribution is 2.28. The maximum Gasteiger partial charge on any atom is 0.228 e. The number of nitrogens with zero attached hydrogens (tertiary/aromatic N) is 3. The van der Waals surface area contributed by atoms with Crippen LogP contribution in [0, 0.1) is 0 Å². The highest BCUT2D eigenvalue weighted by molar-refractivity contribution is 7.20. The smallest absolute Gasteiger partial charge is 0.228 e. The van der Waals surface area contributed by atoms with E-state index in [-0.39, 0.29) is 5.91 Å². The lowest BCUT2D eigenvalue weighted by atomic mass is 10.1. The van der Waals surface area contributed by atoms with Crippen LogP contribution in [0.3, 0.4) is 0 Å². The van der Waals surface area contributed by atoms with Gasteiger partial charge in [-0.2, -0.15) is 0 Å². The van der Waals surface area contributed by atoms with Crippen molar-refractivity contribution in [3.8, 4) is 15.6 Å². The predicted molar refractivity (Wildman–Crippen MR) is 119 cm³/mol. The van der Waals surface area contributed by atoms with Crippen LogP contribution in [0.25, 0.3) is 9.88 Å². The summed E-state index contributed by atoms with van der Waals surface area (Å²) in [6.07, 6.45) is 0.365. The molecule has 8 heteroatoms. The quantitative estimate of drug-likeness (QED) is 0.561. The van der Waals surface area contributed by atoms with Crippen LogP contribution in [0.1, 0.15) is 11.3 Å². The van der Waals surface area contributed by atoms with Gasteiger partial charge in [0.1, 0.15) is 10.8 Å². The van der Waals surface area contributed by atoms with Crippen molar-refractivity contribution < 1.29 is 9.53 Å². The Bertz CT molecular complexity index is 966. The van der Waals surface area contributed by atoms with Crippen LogP contribution in [-0.2, 0) is 17.8 Å². The van der Waals surface area contributed by atoms with Crippen LogP contribution in [0.5, 0.6) is 5.75 Å². The van der Waals surface area contributed by atoms with Crippen LogP contribution >= 0.6 is 34.3 Å². The first-order valence-electron chi connectivity index (χ1n) is 9.43. The van der Waals surface area contributed by atoms with Gasteiger partial charge >= 0.3 is 0 Å². The molecular formula is C21H22ClN3O2S2. The molecule has 1 saturated heterocycles. The number of piperazine rings is 1. The Morgan fingerprint density at radius 2 is 2.03 bits per heavy atom. The number of thiophene rings is 1. The zero-order valence-electron chi connectivity index (χ0n) is 16.1. The lowest BCUT2D eigenvalue weighted by molar-refractivity contribution is -0.132. The van der Waals surface area contributed by atoms with Gasteiger partial charge in [-0.05, 0) is 29.6 Å². The largest absolute Gasteiger partial charge is 0.496 e. The molecule has 1 amide bonds. The molecule has 1 aromatic carbocycles. The fourth-order valence-corrected chi connectivity index (χ4v) is 5.26. The van der Waals surface area contributed by atoms with Gasteiger partial charge < -0.3 is 9.64 Å². The summed E-state index contributed by atoms with van der Waals surface area (Å²) in [5.74, 6) is 0.992. The van der Waals surface area contributed by atoms with Gasteiger partial charge in [0.05, 0.1) is 24.1 Å². The molecule has 1 fully saturated rings. The molecule has 5 nitrogen and oxygen atoms in total. The molecule has 0 spiro atoms. The Labute approximate surface area is 183 Å². The van der Waals surface area contributed by atoms with Gasteiger partial charge in [0.2, 0.25) is 5.91 Å².